The number of anilines is 3. The number of sulfonamides is 1. The van der Waals surface area contributed by atoms with Crippen molar-refractivity contribution in [1.82, 2.24) is 0 Å². The predicted octanol–water partition coefficient (Wildman–Crippen LogP) is 3.26. The van der Waals surface area contributed by atoms with Crippen molar-refractivity contribution in [2.24, 2.45) is 0 Å². The number of nitrogens with one attached hydrogen (secondary N) is 1. The molecule has 2 aromatic carbocycles. The lowest BCUT2D eigenvalue weighted by Gasteiger charge is -2.18. The van der Waals surface area contributed by atoms with E-state index in [-0.39, 0.29) is 17.6 Å². The standard InChI is InChI=1S/C20H20ClN3O4S/c21-17-9-8-16(23-10-1-3-19(23)25)13-18(17)22-20(26)14-4-6-15(7-5-14)24-11-2-12-29(24,27)28/h4-9,13H,1-3,10-12H2,(H,22,26). The third kappa shape index (κ3) is 3.95. The number of carbonyl (C=O) groups excluding carboxylic acids is 2. The highest BCUT2D eigenvalue weighted by Gasteiger charge is 2.28. The van der Waals surface area contributed by atoms with Crippen LogP contribution in [0.5, 0.6) is 0 Å². The SMILES string of the molecule is O=C(Nc1cc(N2CCCC2=O)ccc1Cl)c1ccc(N2CCCS2(=O)=O)cc1. The summed E-state index contributed by atoms with van der Waals surface area (Å²) in [7, 11) is -3.26. The zero-order valence-electron chi connectivity index (χ0n) is 15.6. The molecule has 2 amide bonds. The molecule has 152 valence electrons. The number of halogens is 1. The van der Waals surface area contributed by atoms with Gasteiger partial charge < -0.3 is 10.2 Å². The van der Waals surface area contributed by atoms with Gasteiger partial charge in [-0.25, -0.2) is 8.42 Å². The first-order valence-corrected chi connectivity index (χ1v) is 11.4. The Kier molecular flexibility index (Phi) is 5.23. The quantitative estimate of drug-likeness (QED) is 0.801. The summed E-state index contributed by atoms with van der Waals surface area (Å²) in [5, 5.41) is 3.14. The average Bonchev–Trinajstić information content (AvgIpc) is 3.28. The predicted molar refractivity (Wildman–Crippen MR) is 113 cm³/mol. The second kappa shape index (κ2) is 7.68. The molecule has 9 heteroatoms. The van der Waals surface area contributed by atoms with E-state index in [1.54, 1.807) is 47.4 Å². The topological polar surface area (TPSA) is 86.8 Å². The minimum Gasteiger partial charge on any atom is -0.321 e. The Labute approximate surface area is 174 Å². The number of rotatable bonds is 4. The second-order valence-electron chi connectivity index (χ2n) is 7.06. The minimum absolute atomic E-state index is 0.0528. The van der Waals surface area contributed by atoms with Crippen molar-refractivity contribution in [3.05, 3.63) is 53.1 Å². The molecule has 0 bridgehead atoms. The van der Waals surface area contributed by atoms with E-state index >= 15 is 0 Å². The molecule has 0 aromatic heterocycles. The van der Waals surface area contributed by atoms with Crippen molar-refractivity contribution < 1.29 is 18.0 Å². The van der Waals surface area contributed by atoms with Crippen LogP contribution in [0.25, 0.3) is 0 Å². The molecule has 0 unspecified atom stereocenters. The first-order valence-electron chi connectivity index (χ1n) is 9.37. The molecule has 2 saturated heterocycles. The van der Waals surface area contributed by atoms with Gasteiger partial charge in [0.2, 0.25) is 15.9 Å². The van der Waals surface area contributed by atoms with E-state index in [0.717, 1.165) is 6.42 Å². The van der Waals surface area contributed by atoms with E-state index < -0.39 is 10.0 Å². The summed E-state index contributed by atoms with van der Waals surface area (Å²) in [6.45, 7) is 1.10. The van der Waals surface area contributed by atoms with E-state index in [1.807, 2.05) is 0 Å². The van der Waals surface area contributed by atoms with Gasteiger partial charge in [-0.2, -0.15) is 0 Å². The fraction of sp³-hybridized carbons (Fsp3) is 0.300. The van der Waals surface area contributed by atoms with Crippen LogP contribution in [0.2, 0.25) is 5.02 Å². The average molecular weight is 434 g/mol. The Bertz CT molecular complexity index is 1070. The number of carbonyl (C=O) groups is 2. The van der Waals surface area contributed by atoms with Gasteiger partial charge in [-0.3, -0.25) is 13.9 Å². The molecule has 0 aliphatic carbocycles. The molecule has 2 heterocycles. The lowest BCUT2D eigenvalue weighted by atomic mass is 10.1. The monoisotopic (exact) mass is 433 g/mol. The van der Waals surface area contributed by atoms with E-state index in [1.165, 1.54) is 4.31 Å². The Morgan fingerprint density at radius 1 is 1.00 bits per heavy atom. The van der Waals surface area contributed by atoms with Crippen molar-refractivity contribution in [3.8, 4) is 0 Å². The van der Waals surface area contributed by atoms with Gasteiger partial charge in [0.25, 0.3) is 5.91 Å². The third-order valence-corrected chi connectivity index (χ3v) is 7.30. The number of hydrogen-bond acceptors (Lipinski definition) is 4. The van der Waals surface area contributed by atoms with Crippen LogP contribution in [-0.4, -0.2) is 39.1 Å². The van der Waals surface area contributed by atoms with Gasteiger partial charge in [0, 0.05) is 30.8 Å². The van der Waals surface area contributed by atoms with Gasteiger partial charge in [0.15, 0.2) is 0 Å². The molecule has 0 spiro atoms. The van der Waals surface area contributed by atoms with Crippen LogP contribution >= 0.6 is 11.6 Å². The lowest BCUT2D eigenvalue weighted by Crippen LogP contribution is -2.25. The molecule has 0 radical (unpaired) electrons. The van der Waals surface area contributed by atoms with Gasteiger partial charge >= 0.3 is 0 Å². The summed E-state index contributed by atoms with van der Waals surface area (Å²) < 4.78 is 25.4. The van der Waals surface area contributed by atoms with E-state index in [2.05, 4.69) is 5.32 Å². The van der Waals surface area contributed by atoms with E-state index in [4.69, 9.17) is 11.6 Å². The molecule has 4 rings (SSSR count). The highest BCUT2D eigenvalue weighted by atomic mass is 35.5. The van der Waals surface area contributed by atoms with E-state index in [0.29, 0.717) is 53.6 Å². The Hall–Kier alpha value is -2.58. The maximum absolute atomic E-state index is 12.6. The minimum atomic E-state index is -3.26. The molecular weight excluding hydrogens is 414 g/mol. The van der Waals surface area contributed by atoms with Crippen LogP contribution in [-0.2, 0) is 14.8 Å². The summed E-state index contributed by atoms with van der Waals surface area (Å²) in [6, 6.07) is 11.5. The van der Waals surface area contributed by atoms with Crippen LogP contribution in [0.3, 0.4) is 0 Å². The van der Waals surface area contributed by atoms with Crippen molar-refractivity contribution in [2.45, 2.75) is 19.3 Å². The zero-order chi connectivity index (χ0) is 20.6. The molecule has 29 heavy (non-hydrogen) atoms. The largest absolute Gasteiger partial charge is 0.321 e. The first-order chi connectivity index (χ1) is 13.8. The van der Waals surface area contributed by atoms with Crippen molar-refractivity contribution in [3.63, 3.8) is 0 Å². The van der Waals surface area contributed by atoms with E-state index in [9.17, 15) is 18.0 Å². The molecule has 2 aliphatic rings. The summed E-state index contributed by atoms with van der Waals surface area (Å²) in [6.07, 6.45) is 1.92. The number of hydrogen-bond donors (Lipinski definition) is 1. The van der Waals surface area contributed by atoms with Gasteiger partial charge in [-0.1, -0.05) is 11.6 Å². The van der Waals surface area contributed by atoms with Crippen LogP contribution in [0, 0.1) is 0 Å². The van der Waals surface area contributed by atoms with Crippen LogP contribution < -0.4 is 14.5 Å². The lowest BCUT2D eigenvalue weighted by molar-refractivity contribution is -0.117. The molecule has 0 atom stereocenters. The summed E-state index contributed by atoms with van der Waals surface area (Å²) in [5.41, 5.74) is 2.04. The van der Waals surface area contributed by atoms with Gasteiger partial charge in [-0.15, -0.1) is 0 Å². The maximum Gasteiger partial charge on any atom is 0.255 e. The van der Waals surface area contributed by atoms with Gasteiger partial charge in [0.1, 0.15) is 0 Å². The Morgan fingerprint density at radius 2 is 1.72 bits per heavy atom. The summed E-state index contributed by atoms with van der Waals surface area (Å²) in [4.78, 5) is 26.3. The fourth-order valence-corrected chi connectivity index (χ4v) is 5.33. The molecule has 1 N–H and O–H groups in total. The molecular formula is C20H20ClN3O4S. The Balaban J connectivity index is 1.51. The van der Waals surface area contributed by atoms with Crippen molar-refractivity contribution in [2.75, 3.05) is 33.4 Å². The molecule has 2 aromatic rings. The smallest absolute Gasteiger partial charge is 0.255 e. The van der Waals surface area contributed by atoms with Gasteiger partial charge in [-0.05, 0) is 55.3 Å². The normalized spacial score (nSPS) is 18.3. The highest BCUT2D eigenvalue weighted by Crippen LogP contribution is 2.30. The summed E-state index contributed by atoms with van der Waals surface area (Å²) in [5.74, 6) is -0.173. The maximum atomic E-state index is 12.6. The Morgan fingerprint density at radius 3 is 2.34 bits per heavy atom. The van der Waals surface area contributed by atoms with Crippen LogP contribution in [0.4, 0.5) is 17.1 Å². The molecule has 2 fully saturated rings. The molecule has 0 saturated carbocycles. The van der Waals surface area contributed by atoms with Crippen LogP contribution in [0.1, 0.15) is 29.6 Å². The zero-order valence-corrected chi connectivity index (χ0v) is 17.2. The summed E-state index contributed by atoms with van der Waals surface area (Å²) >= 11 is 6.22. The number of amides is 2. The second-order valence-corrected chi connectivity index (χ2v) is 9.48. The first kappa shape index (κ1) is 19.7. The fourth-order valence-electron chi connectivity index (χ4n) is 3.60. The number of benzene rings is 2. The number of nitrogens with zero attached hydrogens (tertiary/aromatic N) is 2. The molecule has 7 nitrogen and oxygen atoms in total. The van der Waals surface area contributed by atoms with Crippen LogP contribution in [0.15, 0.2) is 42.5 Å². The van der Waals surface area contributed by atoms with Gasteiger partial charge in [0.05, 0.1) is 22.2 Å². The van der Waals surface area contributed by atoms with Crippen molar-refractivity contribution >= 4 is 50.5 Å². The van der Waals surface area contributed by atoms with Crippen molar-refractivity contribution in [1.29, 1.82) is 0 Å². The third-order valence-electron chi connectivity index (χ3n) is 5.10. The molecule has 2 aliphatic heterocycles. The highest BCUT2D eigenvalue weighted by molar-refractivity contribution is 7.93.